The summed E-state index contributed by atoms with van der Waals surface area (Å²) in [6.45, 7) is 6.18. The van der Waals surface area contributed by atoms with Crippen LogP contribution in [0, 0.1) is 0 Å². The molecule has 0 aliphatic rings. The predicted octanol–water partition coefficient (Wildman–Crippen LogP) is 5.02. The first-order valence-electron chi connectivity index (χ1n) is 9.16. The zero-order valence-electron chi connectivity index (χ0n) is 15.5. The van der Waals surface area contributed by atoms with Crippen molar-refractivity contribution in [3.8, 4) is 0 Å². The second-order valence-electron chi connectivity index (χ2n) is 6.58. The minimum atomic E-state index is -3.52. The molecule has 0 fully saturated rings. The Kier molecular flexibility index (Phi) is 7.21. The maximum Gasteiger partial charge on any atom is 0.241 e. The molecule has 2 rings (SSSR count). The van der Waals surface area contributed by atoms with Gasteiger partial charge in [0.2, 0.25) is 10.0 Å². The van der Waals surface area contributed by atoms with E-state index in [1.54, 1.807) is 12.1 Å². The Morgan fingerprint density at radius 2 is 1.40 bits per heavy atom. The number of hydrogen-bond acceptors (Lipinski definition) is 2. The Hall–Kier alpha value is -1.65. The lowest BCUT2D eigenvalue weighted by Crippen LogP contribution is -2.26. The number of hydrogen-bond donors (Lipinski definition) is 1. The first kappa shape index (κ1) is 19.7. The lowest BCUT2D eigenvalue weighted by molar-refractivity contribution is 0.567. The first-order chi connectivity index (χ1) is 12.0. The second kappa shape index (κ2) is 9.16. The van der Waals surface area contributed by atoms with E-state index in [1.165, 1.54) is 11.1 Å². The van der Waals surface area contributed by atoms with E-state index in [0.717, 1.165) is 37.7 Å². The van der Waals surface area contributed by atoms with Crippen molar-refractivity contribution in [2.24, 2.45) is 0 Å². The van der Waals surface area contributed by atoms with E-state index in [0.29, 0.717) is 4.90 Å². The summed E-state index contributed by atoms with van der Waals surface area (Å²) >= 11 is 0. The van der Waals surface area contributed by atoms with Crippen molar-refractivity contribution in [3.63, 3.8) is 0 Å². The summed E-state index contributed by atoms with van der Waals surface area (Å²) in [4.78, 5) is 0.321. The number of nitrogens with one attached hydrogen (secondary N) is 1. The van der Waals surface area contributed by atoms with Gasteiger partial charge in [0, 0.05) is 6.04 Å². The van der Waals surface area contributed by atoms with Crippen molar-refractivity contribution < 1.29 is 8.42 Å². The third kappa shape index (κ3) is 5.68. The van der Waals surface area contributed by atoms with Crippen LogP contribution in [0.25, 0.3) is 0 Å². The fourth-order valence-electron chi connectivity index (χ4n) is 2.85. The third-order valence-corrected chi connectivity index (χ3v) is 5.96. The quantitative estimate of drug-likeness (QED) is 0.683. The van der Waals surface area contributed by atoms with Gasteiger partial charge >= 0.3 is 0 Å². The van der Waals surface area contributed by atoms with Crippen molar-refractivity contribution in [3.05, 3.63) is 65.2 Å². The molecule has 0 heterocycles. The molecule has 4 heteroatoms. The molecule has 0 bridgehead atoms. The minimum absolute atomic E-state index is 0.263. The van der Waals surface area contributed by atoms with Crippen molar-refractivity contribution in [2.75, 3.05) is 0 Å². The molecular weight excluding hydrogens is 330 g/mol. The smallest absolute Gasteiger partial charge is 0.207 e. The van der Waals surface area contributed by atoms with Crippen LogP contribution in [0.1, 0.15) is 62.8 Å². The zero-order valence-corrected chi connectivity index (χ0v) is 16.3. The Balaban J connectivity index is 2.06. The summed E-state index contributed by atoms with van der Waals surface area (Å²) in [5.74, 6) is 0. The van der Waals surface area contributed by atoms with Crippen molar-refractivity contribution in [1.29, 1.82) is 0 Å². The summed E-state index contributed by atoms with van der Waals surface area (Å²) in [5, 5.41) is 0. The van der Waals surface area contributed by atoms with Crippen LogP contribution in [0.15, 0.2) is 53.4 Å². The summed E-state index contributed by atoms with van der Waals surface area (Å²) in [6.07, 6.45) is 5.40. The van der Waals surface area contributed by atoms with Crippen LogP contribution in [0.5, 0.6) is 0 Å². The van der Waals surface area contributed by atoms with Crippen molar-refractivity contribution in [2.45, 2.75) is 63.8 Å². The van der Waals surface area contributed by atoms with E-state index in [9.17, 15) is 8.42 Å². The van der Waals surface area contributed by atoms with Crippen LogP contribution in [-0.2, 0) is 22.9 Å². The van der Waals surface area contributed by atoms with Gasteiger partial charge in [0.1, 0.15) is 0 Å². The molecule has 0 amide bonds. The first-order valence-corrected chi connectivity index (χ1v) is 10.6. The second-order valence-corrected chi connectivity index (χ2v) is 8.30. The number of sulfonamides is 1. The highest BCUT2D eigenvalue weighted by atomic mass is 32.2. The Labute approximate surface area is 152 Å². The summed E-state index contributed by atoms with van der Waals surface area (Å²) < 4.78 is 28.0. The summed E-state index contributed by atoms with van der Waals surface area (Å²) in [7, 11) is -3.52. The highest BCUT2D eigenvalue weighted by molar-refractivity contribution is 7.89. The largest absolute Gasteiger partial charge is 0.241 e. The molecule has 136 valence electrons. The Morgan fingerprint density at radius 1 is 0.840 bits per heavy atom. The fourth-order valence-corrected chi connectivity index (χ4v) is 4.08. The number of aryl methyl sites for hydroxylation is 2. The van der Waals surface area contributed by atoms with Gasteiger partial charge in [-0.15, -0.1) is 0 Å². The van der Waals surface area contributed by atoms with Gasteiger partial charge < -0.3 is 0 Å². The topological polar surface area (TPSA) is 46.2 Å². The van der Waals surface area contributed by atoms with Gasteiger partial charge in [-0.25, -0.2) is 13.1 Å². The third-order valence-electron chi connectivity index (χ3n) is 4.40. The van der Waals surface area contributed by atoms with Crippen LogP contribution in [0.2, 0.25) is 0 Å². The normalized spacial score (nSPS) is 12.9. The molecule has 0 radical (unpaired) electrons. The van der Waals surface area contributed by atoms with Gasteiger partial charge in [-0.2, -0.15) is 0 Å². The van der Waals surface area contributed by atoms with Gasteiger partial charge in [0.05, 0.1) is 4.90 Å². The Bertz CT molecular complexity index is 749. The molecule has 0 saturated heterocycles. The number of benzene rings is 2. The lowest BCUT2D eigenvalue weighted by atomic mass is 10.0. The van der Waals surface area contributed by atoms with Crippen molar-refractivity contribution >= 4 is 10.0 Å². The summed E-state index contributed by atoms with van der Waals surface area (Å²) in [5.41, 5.74) is 3.44. The molecule has 1 unspecified atom stereocenters. The molecule has 1 N–H and O–H groups in total. The van der Waals surface area contributed by atoms with Crippen LogP contribution >= 0.6 is 0 Å². The molecular formula is C21H29NO2S. The van der Waals surface area contributed by atoms with Crippen LogP contribution in [0.4, 0.5) is 0 Å². The van der Waals surface area contributed by atoms with Gasteiger partial charge in [-0.1, -0.05) is 63.1 Å². The highest BCUT2D eigenvalue weighted by Crippen LogP contribution is 2.19. The molecule has 2 aromatic rings. The predicted molar refractivity (Wildman–Crippen MR) is 104 cm³/mol. The van der Waals surface area contributed by atoms with E-state index in [2.05, 4.69) is 30.7 Å². The molecule has 1 atom stereocenters. The zero-order chi connectivity index (χ0) is 18.3. The van der Waals surface area contributed by atoms with Gasteiger partial charge in [-0.05, 0) is 55.0 Å². The average Bonchev–Trinajstić information content (AvgIpc) is 2.61. The number of unbranched alkanes of at least 4 members (excludes halogenated alkanes) is 1. The van der Waals surface area contributed by atoms with E-state index in [-0.39, 0.29) is 6.04 Å². The molecule has 0 saturated carbocycles. The Morgan fingerprint density at radius 3 is 1.96 bits per heavy atom. The molecule has 0 aliphatic carbocycles. The maximum atomic E-state index is 12.6. The minimum Gasteiger partial charge on any atom is -0.207 e. The maximum absolute atomic E-state index is 12.6. The van der Waals surface area contributed by atoms with E-state index in [1.807, 2.05) is 31.2 Å². The molecule has 0 spiro atoms. The molecule has 3 nitrogen and oxygen atoms in total. The van der Waals surface area contributed by atoms with Crippen LogP contribution < -0.4 is 4.72 Å². The SMILES string of the molecule is CCCCc1ccc(S(=O)(=O)NC(C)c2ccc(CCC)cc2)cc1. The van der Waals surface area contributed by atoms with Gasteiger partial charge in [-0.3, -0.25) is 0 Å². The monoisotopic (exact) mass is 359 g/mol. The average molecular weight is 360 g/mol. The van der Waals surface area contributed by atoms with E-state index >= 15 is 0 Å². The van der Waals surface area contributed by atoms with E-state index in [4.69, 9.17) is 0 Å². The van der Waals surface area contributed by atoms with Gasteiger partial charge in [0.25, 0.3) is 0 Å². The molecule has 2 aromatic carbocycles. The van der Waals surface area contributed by atoms with Crippen LogP contribution in [-0.4, -0.2) is 8.42 Å². The number of rotatable bonds is 9. The van der Waals surface area contributed by atoms with Crippen molar-refractivity contribution in [1.82, 2.24) is 4.72 Å². The van der Waals surface area contributed by atoms with Crippen LogP contribution in [0.3, 0.4) is 0 Å². The van der Waals surface area contributed by atoms with Gasteiger partial charge in [0.15, 0.2) is 0 Å². The van der Waals surface area contributed by atoms with E-state index < -0.39 is 10.0 Å². The molecule has 25 heavy (non-hydrogen) atoms. The molecule has 0 aliphatic heterocycles. The molecule has 0 aromatic heterocycles. The lowest BCUT2D eigenvalue weighted by Gasteiger charge is -2.15. The highest BCUT2D eigenvalue weighted by Gasteiger charge is 2.18. The fraction of sp³-hybridized carbons (Fsp3) is 0.429. The standard InChI is InChI=1S/C21H29NO2S/c1-4-6-8-19-11-15-21(16-12-19)25(23,24)22-17(3)20-13-9-18(7-5-2)10-14-20/h9-17,22H,4-8H2,1-3H3. The summed E-state index contributed by atoms with van der Waals surface area (Å²) in [6, 6.07) is 15.1.